The molecule has 1 aromatic rings. The quantitative estimate of drug-likeness (QED) is 0.917. The van der Waals surface area contributed by atoms with E-state index in [0.29, 0.717) is 5.69 Å². The predicted molar refractivity (Wildman–Crippen MR) is 71.7 cm³/mol. The van der Waals surface area contributed by atoms with Crippen LogP contribution in [0.1, 0.15) is 56.7 Å². The van der Waals surface area contributed by atoms with E-state index in [1.807, 2.05) is 0 Å². The normalized spacial score (nSPS) is 40.0. The van der Waals surface area contributed by atoms with Crippen molar-refractivity contribution >= 4 is 5.78 Å². The zero-order chi connectivity index (χ0) is 13.7. The molecule has 20 heavy (non-hydrogen) atoms. The Balaban J connectivity index is 1.51. The van der Waals surface area contributed by atoms with Crippen LogP contribution in [0.2, 0.25) is 0 Å². The van der Waals surface area contributed by atoms with Crippen molar-refractivity contribution in [2.75, 3.05) is 0 Å². The van der Waals surface area contributed by atoms with Gasteiger partial charge in [-0.3, -0.25) is 4.79 Å². The molecule has 4 aliphatic carbocycles. The molecule has 1 heterocycles. The molecular formula is C16H21NO3. The van der Waals surface area contributed by atoms with E-state index in [1.54, 1.807) is 0 Å². The molecule has 4 aliphatic rings. The number of carbonyl (C=O) groups is 1. The van der Waals surface area contributed by atoms with Crippen LogP contribution in [0.15, 0.2) is 17.1 Å². The van der Waals surface area contributed by atoms with Gasteiger partial charge in [-0.2, -0.15) is 0 Å². The van der Waals surface area contributed by atoms with Crippen LogP contribution in [0.25, 0.3) is 0 Å². The topological polar surface area (TPSA) is 63.3 Å². The van der Waals surface area contributed by atoms with Crippen LogP contribution in [0.5, 0.6) is 0 Å². The zero-order valence-electron chi connectivity index (χ0n) is 11.6. The molecule has 0 aliphatic heterocycles. The third kappa shape index (κ3) is 1.93. The number of aromatic nitrogens is 1. The van der Waals surface area contributed by atoms with Gasteiger partial charge in [0, 0.05) is 11.8 Å². The molecule has 0 spiro atoms. The van der Waals surface area contributed by atoms with Gasteiger partial charge in [0.2, 0.25) is 0 Å². The van der Waals surface area contributed by atoms with E-state index in [1.165, 1.54) is 31.9 Å². The molecule has 1 N–H and O–H groups in total. The van der Waals surface area contributed by atoms with Crippen LogP contribution in [-0.2, 0) is 4.79 Å². The Bertz CT molecular complexity index is 473. The monoisotopic (exact) mass is 275 g/mol. The third-order valence-electron chi connectivity index (χ3n) is 5.80. The van der Waals surface area contributed by atoms with E-state index in [9.17, 15) is 9.90 Å². The Morgan fingerprint density at radius 1 is 1.30 bits per heavy atom. The lowest BCUT2D eigenvalue weighted by atomic mass is 9.48. The van der Waals surface area contributed by atoms with Gasteiger partial charge in [-0.25, -0.2) is 4.98 Å². The number of oxazole rings is 1. The number of carbonyl (C=O) groups excluding carboxylic acids is 1. The maximum atomic E-state index is 12.8. The second-order valence-electron chi connectivity index (χ2n) is 7.25. The van der Waals surface area contributed by atoms with Crippen LogP contribution in [0.4, 0.5) is 0 Å². The second-order valence-corrected chi connectivity index (χ2v) is 7.25. The third-order valence-corrected chi connectivity index (χ3v) is 5.80. The van der Waals surface area contributed by atoms with Crippen LogP contribution in [0, 0.1) is 23.2 Å². The lowest BCUT2D eigenvalue weighted by Crippen LogP contribution is -2.50. The highest BCUT2D eigenvalue weighted by molar-refractivity contribution is 5.85. The molecule has 4 nitrogen and oxygen atoms in total. The lowest BCUT2D eigenvalue weighted by molar-refractivity contribution is -0.146. The van der Waals surface area contributed by atoms with Crippen molar-refractivity contribution in [2.24, 2.45) is 23.2 Å². The Kier molecular flexibility index (Phi) is 2.78. The summed E-state index contributed by atoms with van der Waals surface area (Å²) in [5.74, 6) is 2.53. The Morgan fingerprint density at radius 3 is 2.40 bits per heavy atom. The molecule has 4 saturated carbocycles. The van der Waals surface area contributed by atoms with Crippen molar-refractivity contribution in [3.63, 3.8) is 0 Å². The van der Waals surface area contributed by atoms with E-state index in [2.05, 4.69) is 4.98 Å². The maximum absolute atomic E-state index is 12.8. The Hall–Kier alpha value is -1.16. The van der Waals surface area contributed by atoms with E-state index in [-0.39, 0.29) is 17.6 Å². The highest BCUT2D eigenvalue weighted by Gasteiger charge is 2.54. The first-order valence-corrected chi connectivity index (χ1v) is 7.74. The van der Waals surface area contributed by atoms with Crippen LogP contribution < -0.4 is 0 Å². The van der Waals surface area contributed by atoms with Crippen molar-refractivity contribution in [3.8, 4) is 0 Å². The number of nitrogens with zero attached hydrogens (tertiary/aromatic N) is 1. The smallest absolute Gasteiger partial charge is 0.180 e. The number of hydrogen-bond donors (Lipinski definition) is 1. The van der Waals surface area contributed by atoms with E-state index >= 15 is 0 Å². The molecule has 4 bridgehead atoms. The fourth-order valence-electron chi connectivity index (χ4n) is 5.34. The molecule has 0 aromatic carbocycles. The summed E-state index contributed by atoms with van der Waals surface area (Å²) in [6.45, 7) is 0. The van der Waals surface area contributed by atoms with E-state index in [4.69, 9.17) is 4.42 Å². The van der Waals surface area contributed by atoms with Crippen molar-refractivity contribution in [1.82, 2.24) is 4.98 Å². The lowest BCUT2D eigenvalue weighted by Gasteiger charge is -2.56. The van der Waals surface area contributed by atoms with Crippen LogP contribution in [0.3, 0.4) is 0 Å². The molecule has 1 aromatic heterocycles. The number of Topliss-reactive ketones (excluding diaryl/α,β-unsaturated/α-hetero) is 1. The summed E-state index contributed by atoms with van der Waals surface area (Å²) in [5.41, 5.74) is 0.350. The van der Waals surface area contributed by atoms with Crippen LogP contribution in [-0.4, -0.2) is 15.9 Å². The van der Waals surface area contributed by atoms with Gasteiger partial charge in [0.1, 0.15) is 23.8 Å². The average Bonchev–Trinajstić information content (AvgIpc) is 2.90. The molecule has 0 amide bonds. The van der Waals surface area contributed by atoms with Gasteiger partial charge in [-0.05, 0) is 56.3 Å². The molecule has 0 saturated heterocycles. The molecule has 4 fully saturated rings. The van der Waals surface area contributed by atoms with Gasteiger partial charge in [-0.15, -0.1) is 0 Å². The van der Waals surface area contributed by atoms with Gasteiger partial charge in [0.05, 0.1) is 0 Å². The van der Waals surface area contributed by atoms with Crippen molar-refractivity contribution in [2.45, 2.75) is 51.0 Å². The second kappa shape index (κ2) is 4.42. The summed E-state index contributed by atoms with van der Waals surface area (Å²) in [6, 6.07) is 0. The summed E-state index contributed by atoms with van der Waals surface area (Å²) < 4.78 is 4.88. The first-order chi connectivity index (χ1) is 9.64. The Morgan fingerprint density at radius 2 is 1.90 bits per heavy atom. The molecular weight excluding hydrogens is 254 g/mol. The van der Waals surface area contributed by atoms with Gasteiger partial charge in [0.15, 0.2) is 6.39 Å². The minimum Gasteiger partial charge on any atom is -0.451 e. The molecule has 1 atom stereocenters. The first-order valence-electron chi connectivity index (χ1n) is 7.74. The number of rotatable bonds is 4. The minimum absolute atomic E-state index is 0.126. The van der Waals surface area contributed by atoms with E-state index < -0.39 is 6.10 Å². The SMILES string of the molecule is O=C(CC(O)c1cocn1)C12CC3CC(CC(C3)C1)C2. The molecule has 108 valence electrons. The van der Waals surface area contributed by atoms with Gasteiger partial charge >= 0.3 is 0 Å². The predicted octanol–water partition coefficient (Wildman–Crippen LogP) is 2.88. The maximum Gasteiger partial charge on any atom is 0.180 e. The standard InChI is InChI=1S/C16H21NO3/c18-14(13-8-20-9-17-13)4-15(19)16-5-10-1-11(6-16)3-12(2-10)7-16/h8-12,14,18H,1-7H2. The van der Waals surface area contributed by atoms with Crippen molar-refractivity contribution < 1.29 is 14.3 Å². The van der Waals surface area contributed by atoms with Gasteiger partial charge < -0.3 is 9.52 Å². The number of ketones is 1. The molecule has 4 heteroatoms. The summed E-state index contributed by atoms with van der Waals surface area (Å²) in [6.07, 6.45) is 9.28. The first kappa shape index (κ1) is 12.6. The summed E-state index contributed by atoms with van der Waals surface area (Å²) in [4.78, 5) is 16.7. The summed E-state index contributed by atoms with van der Waals surface area (Å²) >= 11 is 0. The molecule has 0 radical (unpaired) electrons. The zero-order valence-corrected chi connectivity index (χ0v) is 11.6. The summed E-state index contributed by atoms with van der Waals surface area (Å²) in [7, 11) is 0. The van der Waals surface area contributed by atoms with E-state index in [0.717, 1.165) is 37.0 Å². The molecule has 5 rings (SSSR count). The molecule has 1 unspecified atom stereocenters. The highest BCUT2D eigenvalue weighted by atomic mass is 16.3. The fourth-order valence-corrected chi connectivity index (χ4v) is 5.34. The summed E-state index contributed by atoms with van der Waals surface area (Å²) in [5, 5.41) is 10.1. The number of aliphatic hydroxyl groups is 1. The largest absolute Gasteiger partial charge is 0.451 e. The number of hydrogen-bond acceptors (Lipinski definition) is 4. The highest BCUT2D eigenvalue weighted by Crippen LogP contribution is 2.60. The van der Waals surface area contributed by atoms with Crippen LogP contribution >= 0.6 is 0 Å². The van der Waals surface area contributed by atoms with Gasteiger partial charge in [-0.1, -0.05) is 0 Å². The van der Waals surface area contributed by atoms with Crippen molar-refractivity contribution in [1.29, 1.82) is 0 Å². The minimum atomic E-state index is -0.811. The number of aliphatic hydroxyl groups excluding tert-OH is 1. The van der Waals surface area contributed by atoms with Gasteiger partial charge in [0.25, 0.3) is 0 Å². The van der Waals surface area contributed by atoms with Crippen molar-refractivity contribution in [3.05, 3.63) is 18.4 Å². The average molecular weight is 275 g/mol. The fraction of sp³-hybridized carbons (Fsp3) is 0.750. The Labute approximate surface area is 118 Å².